The van der Waals surface area contributed by atoms with E-state index in [4.69, 9.17) is 4.74 Å². The van der Waals surface area contributed by atoms with Gasteiger partial charge in [0, 0.05) is 9.89 Å². The number of halogens is 1. The zero-order valence-electron chi connectivity index (χ0n) is 12.8. The fourth-order valence-electron chi connectivity index (χ4n) is 1.75. The third-order valence-electron chi connectivity index (χ3n) is 3.13. The van der Waals surface area contributed by atoms with Gasteiger partial charge in [-0.15, -0.1) is 0 Å². The van der Waals surface area contributed by atoms with Crippen LogP contribution in [0.1, 0.15) is 25.0 Å². The molecule has 1 N–H and O–H groups in total. The van der Waals surface area contributed by atoms with Crippen LogP contribution in [0.3, 0.4) is 0 Å². The molecular weight excluding hydrogens is 340 g/mol. The molecule has 0 aliphatic carbocycles. The van der Waals surface area contributed by atoms with E-state index in [2.05, 4.69) is 27.8 Å². The minimum Gasteiger partial charge on any atom is -0.488 e. The van der Waals surface area contributed by atoms with Crippen molar-refractivity contribution in [1.29, 1.82) is 0 Å². The molecule has 0 unspecified atom stereocenters. The molecule has 0 aliphatic rings. The van der Waals surface area contributed by atoms with Crippen molar-refractivity contribution in [2.75, 3.05) is 6.61 Å². The Morgan fingerprint density at radius 3 is 2.50 bits per heavy atom. The number of ether oxygens (including phenoxy) is 1. The first kappa shape index (κ1) is 16.6. The number of rotatable bonds is 4. The zero-order valence-corrected chi connectivity index (χ0v) is 14.4. The summed E-state index contributed by atoms with van der Waals surface area (Å²) in [4.78, 5) is 0. The highest BCUT2D eigenvalue weighted by Crippen LogP contribution is 2.27. The molecule has 0 saturated heterocycles. The van der Waals surface area contributed by atoms with Crippen LogP contribution in [-0.4, -0.2) is 11.7 Å². The molecule has 0 atom stereocenters. The normalized spacial score (nSPS) is 10.7. The van der Waals surface area contributed by atoms with Gasteiger partial charge in [-0.05, 0) is 47.5 Å². The number of aliphatic hydroxyl groups excluding tert-OH is 1. The molecule has 0 fully saturated rings. The van der Waals surface area contributed by atoms with E-state index in [-0.39, 0.29) is 6.61 Å². The van der Waals surface area contributed by atoms with Crippen LogP contribution in [0.5, 0.6) is 5.75 Å². The van der Waals surface area contributed by atoms with Crippen molar-refractivity contribution >= 4 is 15.9 Å². The van der Waals surface area contributed by atoms with E-state index in [9.17, 15) is 5.11 Å². The third-order valence-corrected chi connectivity index (χ3v) is 3.79. The molecule has 114 valence electrons. The molecule has 0 bridgehead atoms. The van der Waals surface area contributed by atoms with Gasteiger partial charge in [-0.25, -0.2) is 0 Å². The monoisotopic (exact) mass is 358 g/mol. The quantitative estimate of drug-likeness (QED) is 0.820. The van der Waals surface area contributed by atoms with Crippen LogP contribution in [-0.2, 0) is 6.61 Å². The van der Waals surface area contributed by atoms with E-state index in [0.29, 0.717) is 6.61 Å². The molecule has 2 aromatic rings. The molecule has 2 nitrogen and oxygen atoms in total. The summed E-state index contributed by atoms with van der Waals surface area (Å²) in [7, 11) is 0. The lowest BCUT2D eigenvalue weighted by atomic mass is 9.95. The van der Waals surface area contributed by atoms with Crippen LogP contribution in [0.25, 0.3) is 0 Å². The molecule has 0 aliphatic heterocycles. The summed E-state index contributed by atoms with van der Waals surface area (Å²) in [6.07, 6.45) is 0. The van der Waals surface area contributed by atoms with Crippen LogP contribution in [0.4, 0.5) is 0 Å². The van der Waals surface area contributed by atoms with Gasteiger partial charge in [0.15, 0.2) is 0 Å². The average molecular weight is 359 g/mol. The maximum Gasteiger partial charge on any atom is 0.136 e. The Morgan fingerprint density at radius 1 is 1.09 bits per heavy atom. The topological polar surface area (TPSA) is 29.5 Å². The van der Waals surface area contributed by atoms with E-state index in [1.165, 1.54) is 0 Å². The minimum absolute atomic E-state index is 0.0185. The maximum absolute atomic E-state index is 9.32. The molecule has 2 aromatic carbocycles. The number of aliphatic hydroxyl groups is 1. The molecule has 3 heteroatoms. The van der Waals surface area contributed by atoms with Crippen LogP contribution >= 0.6 is 15.9 Å². The third kappa shape index (κ3) is 4.62. The van der Waals surface area contributed by atoms with Crippen molar-refractivity contribution in [3.8, 4) is 17.6 Å². The first-order valence-electron chi connectivity index (χ1n) is 7.11. The summed E-state index contributed by atoms with van der Waals surface area (Å²) < 4.78 is 6.80. The Balaban J connectivity index is 2.23. The van der Waals surface area contributed by atoms with Crippen molar-refractivity contribution in [3.05, 3.63) is 64.1 Å². The molecule has 0 heterocycles. The SMILES string of the molecule is CC(C)(C#Cc1c(Br)cccc1OCc1ccccc1)CO. The minimum atomic E-state index is -0.439. The highest BCUT2D eigenvalue weighted by Gasteiger charge is 2.13. The van der Waals surface area contributed by atoms with E-state index >= 15 is 0 Å². The van der Waals surface area contributed by atoms with Crippen molar-refractivity contribution in [1.82, 2.24) is 0 Å². The number of hydrogen-bond acceptors (Lipinski definition) is 2. The van der Waals surface area contributed by atoms with Crippen molar-refractivity contribution in [2.45, 2.75) is 20.5 Å². The highest BCUT2D eigenvalue weighted by atomic mass is 79.9. The van der Waals surface area contributed by atoms with Gasteiger partial charge in [-0.2, -0.15) is 0 Å². The van der Waals surface area contributed by atoms with Crippen LogP contribution in [0, 0.1) is 17.3 Å². The Labute approximate surface area is 140 Å². The van der Waals surface area contributed by atoms with Crippen LogP contribution in [0.15, 0.2) is 53.0 Å². The lowest BCUT2D eigenvalue weighted by molar-refractivity contribution is 0.206. The van der Waals surface area contributed by atoms with Crippen molar-refractivity contribution < 1.29 is 9.84 Å². The highest BCUT2D eigenvalue weighted by molar-refractivity contribution is 9.10. The summed E-state index contributed by atoms with van der Waals surface area (Å²) in [6, 6.07) is 15.8. The first-order valence-corrected chi connectivity index (χ1v) is 7.90. The predicted molar refractivity (Wildman–Crippen MR) is 92.7 cm³/mol. The summed E-state index contributed by atoms with van der Waals surface area (Å²) >= 11 is 3.52. The van der Waals surface area contributed by atoms with Gasteiger partial charge in [0.2, 0.25) is 0 Å². The maximum atomic E-state index is 9.32. The van der Waals surface area contributed by atoms with Gasteiger partial charge in [0.1, 0.15) is 12.4 Å². The smallest absolute Gasteiger partial charge is 0.136 e. The summed E-state index contributed by atoms with van der Waals surface area (Å²) in [5.41, 5.74) is 1.48. The van der Waals surface area contributed by atoms with Crippen LogP contribution in [0.2, 0.25) is 0 Å². The van der Waals surface area contributed by atoms with E-state index < -0.39 is 5.41 Å². The summed E-state index contributed by atoms with van der Waals surface area (Å²) in [5, 5.41) is 9.32. The summed E-state index contributed by atoms with van der Waals surface area (Å²) in [5.74, 6) is 6.96. The standard InChI is InChI=1S/C19H19BrO2/c1-19(2,14-21)12-11-16-17(20)9-6-10-18(16)22-13-15-7-4-3-5-8-15/h3-10,21H,13-14H2,1-2H3. The molecule has 2 rings (SSSR count). The fraction of sp³-hybridized carbons (Fsp3) is 0.263. The second kappa shape index (κ2) is 7.49. The summed E-state index contributed by atoms with van der Waals surface area (Å²) in [6.45, 7) is 4.32. The van der Waals surface area contributed by atoms with Gasteiger partial charge in [0.05, 0.1) is 12.2 Å². The van der Waals surface area contributed by atoms with Gasteiger partial charge in [-0.1, -0.05) is 48.2 Å². The largest absolute Gasteiger partial charge is 0.488 e. The lowest BCUT2D eigenvalue weighted by Gasteiger charge is -2.13. The van der Waals surface area contributed by atoms with E-state index in [1.54, 1.807) is 0 Å². The van der Waals surface area contributed by atoms with Gasteiger partial charge in [-0.3, -0.25) is 0 Å². The Kier molecular flexibility index (Phi) is 5.65. The predicted octanol–water partition coefficient (Wildman–Crippen LogP) is 4.40. The van der Waals surface area contributed by atoms with Crippen LogP contribution < -0.4 is 4.74 Å². The zero-order chi connectivity index (χ0) is 16.0. The van der Waals surface area contributed by atoms with Crippen molar-refractivity contribution in [3.63, 3.8) is 0 Å². The Hall–Kier alpha value is -1.76. The molecule has 0 aromatic heterocycles. The fourth-order valence-corrected chi connectivity index (χ4v) is 2.20. The molecular formula is C19H19BrO2. The Morgan fingerprint density at radius 2 is 1.82 bits per heavy atom. The molecule has 0 radical (unpaired) electrons. The second-order valence-corrected chi connectivity index (χ2v) is 6.53. The van der Waals surface area contributed by atoms with E-state index in [0.717, 1.165) is 21.3 Å². The molecule has 0 saturated carbocycles. The number of hydrogen-bond donors (Lipinski definition) is 1. The van der Waals surface area contributed by atoms with E-state index in [1.807, 2.05) is 62.4 Å². The van der Waals surface area contributed by atoms with Gasteiger partial charge in [0.25, 0.3) is 0 Å². The lowest BCUT2D eigenvalue weighted by Crippen LogP contribution is -2.13. The van der Waals surface area contributed by atoms with Crippen molar-refractivity contribution in [2.24, 2.45) is 5.41 Å². The number of benzene rings is 2. The molecule has 0 amide bonds. The average Bonchev–Trinajstić information content (AvgIpc) is 2.53. The molecule has 0 spiro atoms. The van der Waals surface area contributed by atoms with Gasteiger partial charge >= 0.3 is 0 Å². The molecule has 22 heavy (non-hydrogen) atoms. The Bertz CT molecular complexity index is 682. The van der Waals surface area contributed by atoms with Gasteiger partial charge < -0.3 is 9.84 Å². The first-order chi connectivity index (χ1) is 10.5. The second-order valence-electron chi connectivity index (χ2n) is 5.68.